The van der Waals surface area contributed by atoms with Gasteiger partial charge in [-0.1, -0.05) is 18.2 Å². The highest BCUT2D eigenvalue weighted by Crippen LogP contribution is 2.35. The second-order valence-electron chi connectivity index (χ2n) is 5.37. The molecular formula is C17H20N2O. The topological polar surface area (TPSA) is 25.4 Å². The molecule has 1 aliphatic rings. The van der Waals surface area contributed by atoms with Gasteiger partial charge in [-0.3, -0.25) is 4.90 Å². The van der Waals surface area contributed by atoms with Gasteiger partial charge in [0.1, 0.15) is 0 Å². The summed E-state index contributed by atoms with van der Waals surface area (Å²) in [5.41, 5.74) is 5.37. The molecule has 0 amide bonds. The summed E-state index contributed by atoms with van der Waals surface area (Å²) >= 11 is 0. The van der Waals surface area contributed by atoms with E-state index >= 15 is 0 Å². The van der Waals surface area contributed by atoms with Crippen molar-refractivity contribution < 1.29 is 4.74 Å². The summed E-state index contributed by atoms with van der Waals surface area (Å²) in [6.45, 7) is 3.38. The standard InChI is InChI=1S/C17H20N2O/c1-12-14-5-4-6-15(16(14)9-10-19(12)2)13-7-8-17(20-3)18-11-13/h4-8,11-12H,9-10H2,1-3H3. The summed E-state index contributed by atoms with van der Waals surface area (Å²) in [5, 5.41) is 0. The van der Waals surface area contributed by atoms with E-state index in [0.29, 0.717) is 11.9 Å². The van der Waals surface area contributed by atoms with Crippen LogP contribution in [0.2, 0.25) is 0 Å². The molecule has 1 unspecified atom stereocenters. The van der Waals surface area contributed by atoms with Crippen LogP contribution in [-0.2, 0) is 6.42 Å². The van der Waals surface area contributed by atoms with E-state index in [4.69, 9.17) is 4.74 Å². The molecule has 0 spiro atoms. The van der Waals surface area contributed by atoms with Gasteiger partial charge in [-0.2, -0.15) is 0 Å². The molecule has 3 rings (SSSR count). The Morgan fingerprint density at radius 2 is 2.10 bits per heavy atom. The van der Waals surface area contributed by atoms with Gasteiger partial charge >= 0.3 is 0 Å². The Bertz CT molecular complexity index is 607. The highest BCUT2D eigenvalue weighted by Gasteiger charge is 2.22. The van der Waals surface area contributed by atoms with E-state index in [-0.39, 0.29) is 0 Å². The van der Waals surface area contributed by atoms with Crippen LogP contribution in [0, 0.1) is 0 Å². The number of hydrogen-bond donors (Lipinski definition) is 0. The molecule has 0 fully saturated rings. The normalized spacial score (nSPS) is 18.6. The third kappa shape index (κ3) is 2.18. The van der Waals surface area contributed by atoms with Gasteiger partial charge in [0, 0.05) is 30.4 Å². The Hall–Kier alpha value is -1.87. The Kier molecular flexibility index (Phi) is 3.45. The van der Waals surface area contributed by atoms with E-state index < -0.39 is 0 Å². The molecule has 104 valence electrons. The lowest BCUT2D eigenvalue weighted by Crippen LogP contribution is -2.30. The van der Waals surface area contributed by atoms with Crippen LogP contribution in [0.1, 0.15) is 24.1 Å². The van der Waals surface area contributed by atoms with E-state index in [1.807, 2.05) is 12.3 Å². The van der Waals surface area contributed by atoms with Crippen molar-refractivity contribution >= 4 is 0 Å². The predicted octanol–water partition coefficient (Wildman–Crippen LogP) is 3.31. The summed E-state index contributed by atoms with van der Waals surface area (Å²) < 4.78 is 5.13. The predicted molar refractivity (Wildman–Crippen MR) is 81.0 cm³/mol. The van der Waals surface area contributed by atoms with Crippen LogP contribution < -0.4 is 4.74 Å². The quantitative estimate of drug-likeness (QED) is 0.835. The minimum absolute atomic E-state index is 0.477. The molecule has 1 atom stereocenters. The fourth-order valence-electron chi connectivity index (χ4n) is 2.93. The van der Waals surface area contributed by atoms with Crippen LogP contribution >= 0.6 is 0 Å². The lowest BCUT2D eigenvalue weighted by Gasteiger charge is -2.33. The molecule has 3 heteroatoms. The lowest BCUT2D eigenvalue weighted by molar-refractivity contribution is 0.248. The van der Waals surface area contributed by atoms with Crippen molar-refractivity contribution in [1.29, 1.82) is 0 Å². The molecule has 0 bridgehead atoms. The van der Waals surface area contributed by atoms with Gasteiger partial charge in [0.2, 0.25) is 5.88 Å². The monoisotopic (exact) mass is 268 g/mol. The summed E-state index contributed by atoms with van der Waals surface area (Å²) in [4.78, 5) is 6.72. The average molecular weight is 268 g/mol. The number of aromatic nitrogens is 1. The Morgan fingerprint density at radius 1 is 1.25 bits per heavy atom. The molecule has 3 nitrogen and oxygen atoms in total. The molecule has 1 aliphatic heterocycles. The average Bonchev–Trinajstić information content (AvgIpc) is 2.51. The molecule has 0 aliphatic carbocycles. The first-order valence-electron chi connectivity index (χ1n) is 7.03. The SMILES string of the molecule is COc1ccc(-c2cccc3c2CCN(C)C3C)cn1. The zero-order valence-corrected chi connectivity index (χ0v) is 12.3. The Morgan fingerprint density at radius 3 is 2.80 bits per heavy atom. The van der Waals surface area contributed by atoms with Gasteiger partial charge in [0.25, 0.3) is 0 Å². The first-order chi connectivity index (χ1) is 9.70. The van der Waals surface area contributed by atoms with E-state index in [9.17, 15) is 0 Å². The Labute approximate surface area is 120 Å². The van der Waals surface area contributed by atoms with Crippen molar-refractivity contribution in [2.24, 2.45) is 0 Å². The van der Waals surface area contributed by atoms with Crippen LogP contribution in [0.3, 0.4) is 0 Å². The third-order valence-corrected chi connectivity index (χ3v) is 4.29. The van der Waals surface area contributed by atoms with Crippen molar-refractivity contribution in [2.75, 3.05) is 20.7 Å². The number of methoxy groups -OCH3 is 1. The zero-order chi connectivity index (χ0) is 14.1. The maximum atomic E-state index is 5.13. The van der Waals surface area contributed by atoms with Crippen molar-refractivity contribution in [3.8, 4) is 17.0 Å². The van der Waals surface area contributed by atoms with Crippen molar-refractivity contribution in [1.82, 2.24) is 9.88 Å². The molecule has 0 radical (unpaired) electrons. The number of nitrogens with zero attached hydrogens (tertiary/aromatic N) is 2. The fourth-order valence-corrected chi connectivity index (χ4v) is 2.93. The van der Waals surface area contributed by atoms with Crippen LogP contribution in [0.25, 0.3) is 11.1 Å². The molecule has 0 saturated heterocycles. The lowest BCUT2D eigenvalue weighted by atomic mass is 9.88. The molecule has 2 aromatic rings. The highest BCUT2D eigenvalue weighted by atomic mass is 16.5. The first-order valence-corrected chi connectivity index (χ1v) is 7.03. The van der Waals surface area contributed by atoms with Crippen LogP contribution in [0.5, 0.6) is 5.88 Å². The van der Waals surface area contributed by atoms with E-state index in [1.54, 1.807) is 7.11 Å². The third-order valence-electron chi connectivity index (χ3n) is 4.29. The molecule has 1 aromatic carbocycles. The molecule has 2 heterocycles. The fraction of sp³-hybridized carbons (Fsp3) is 0.353. The number of likely N-dealkylation sites (N-methyl/N-ethyl adjacent to an activating group) is 1. The highest BCUT2D eigenvalue weighted by molar-refractivity contribution is 5.69. The number of pyridine rings is 1. The molecule has 0 saturated carbocycles. The smallest absolute Gasteiger partial charge is 0.212 e. The molecule has 1 aromatic heterocycles. The van der Waals surface area contributed by atoms with Gasteiger partial charge in [-0.05, 0) is 43.1 Å². The molecule has 0 N–H and O–H groups in total. The van der Waals surface area contributed by atoms with E-state index in [2.05, 4.69) is 48.1 Å². The van der Waals surface area contributed by atoms with Gasteiger partial charge in [-0.25, -0.2) is 4.98 Å². The van der Waals surface area contributed by atoms with Crippen LogP contribution in [0.4, 0.5) is 0 Å². The van der Waals surface area contributed by atoms with Crippen molar-refractivity contribution in [3.05, 3.63) is 47.7 Å². The van der Waals surface area contributed by atoms with Crippen LogP contribution in [0.15, 0.2) is 36.5 Å². The number of rotatable bonds is 2. The maximum absolute atomic E-state index is 5.13. The summed E-state index contributed by atoms with van der Waals surface area (Å²) in [7, 11) is 3.83. The van der Waals surface area contributed by atoms with Crippen molar-refractivity contribution in [2.45, 2.75) is 19.4 Å². The second kappa shape index (κ2) is 5.25. The number of hydrogen-bond acceptors (Lipinski definition) is 3. The molecule has 20 heavy (non-hydrogen) atoms. The van der Waals surface area contributed by atoms with Gasteiger partial charge < -0.3 is 4.74 Å². The summed E-state index contributed by atoms with van der Waals surface area (Å²) in [6.07, 6.45) is 3.00. The van der Waals surface area contributed by atoms with E-state index in [0.717, 1.165) is 13.0 Å². The van der Waals surface area contributed by atoms with Crippen LogP contribution in [-0.4, -0.2) is 30.6 Å². The van der Waals surface area contributed by atoms with Crippen molar-refractivity contribution in [3.63, 3.8) is 0 Å². The van der Waals surface area contributed by atoms with Gasteiger partial charge in [0.15, 0.2) is 0 Å². The zero-order valence-electron chi connectivity index (χ0n) is 12.3. The number of ether oxygens (including phenoxy) is 1. The first kappa shape index (κ1) is 13.1. The molecular weight excluding hydrogens is 248 g/mol. The largest absolute Gasteiger partial charge is 0.481 e. The van der Waals surface area contributed by atoms with Gasteiger partial charge in [-0.15, -0.1) is 0 Å². The van der Waals surface area contributed by atoms with E-state index in [1.165, 1.54) is 22.3 Å². The summed E-state index contributed by atoms with van der Waals surface area (Å²) in [6, 6.07) is 11.1. The minimum atomic E-state index is 0.477. The minimum Gasteiger partial charge on any atom is -0.481 e. The number of benzene rings is 1. The second-order valence-corrected chi connectivity index (χ2v) is 5.37. The Balaban J connectivity index is 2.06. The van der Waals surface area contributed by atoms with Gasteiger partial charge in [0.05, 0.1) is 7.11 Å². The summed E-state index contributed by atoms with van der Waals surface area (Å²) in [5.74, 6) is 0.659. The maximum Gasteiger partial charge on any atom is 0.212 e. The number of fused-ring (bicyclic) bond motifs is 1.